The van der Waals surface area contributed by atoms with E-state index in [0.29, 0.717) is 29.4 Å². The maximum atomic E-state index is 13.2. The van der Waals surface area contributed by atoms with E-state index >= 15 is 0 Å². The van der Waals surface area contributed by atoms with E-state index in [1.807, 2.05) is 97.9 Å². The fraction of sp³-hybridized carbons (Fsp3) is 0.270. The zero-order chi connectivity index (χ0) is 32.8. The van der Waals surface area contributed by atoms with E-state index in [1.54, 1.807) is 23.3 Å². The molecule has 5 rings (SSSR count). The molecule has 0 saturated carbocycles. The third-order valence-corrected chi connectivity index (χ3v) is 7.84. The molecule has 5 aromatic rings. The van der Waals surface area contributed by atoms with Crippen LogP contribution >= 0.6 is 0 Å². The van der Waals surface area contributed by atoms with Gasteiger partial charge in [0.1, 0.15) is 23.9 Å². The quantitative estimate of drug-likeness (QED) is 0.177. The molecule has 2 N–H and O–H groups in total. The number of aromatic nitrogens is 3. The Balaban J connectivity index is 1.28. The first-order valence-corrected chi connectivity index (χ1v) is 15.3. The highest BCUT2D eigenvalue weighted by Crippen LogP contribution is 2.28. The number of nitrogens with one attached hydrogen (secondary N) is 2. The smallest absolute Gasteiger partial charge is 0.320 e. The largest absolute Gasteiger partial charge is 0.497 e. The second-order valence-electron chi connectivity index (χ2n) is 12.3. The summed E-state index contributed by atoms with van der Waals surface area (Å²) in [5.41, 5.74) is 5.56. The van der Waals surface area contributed by atoms with Gasteiger partial charge in [0.2, 0.25) is 0 Å². The van der Waals surface area contributed by atoms with Gasteiger partial charge in [-0.2, -0.15) is 5.10 Å². The number of anilines is 1. The molecule has 3 aromatic carbocycles. The minimum Gasteiger partial charge on any atom is -0.497 e. The number of benzene rings is 3. The van der Waals surface area contributed by atoms with E-state index in [-0.39, 0.29) is 30.2 Å². The van der Waals surface area contributed by atoms with E-state index < -0.39 is 0 Å². The summed E-state index contributed by atoms with van der Waals surface area (Å²) in [5, 5.41) is 10.7. The Kier molecular flexibility index (Phi) is 9.61. The van der Waals surface area contributed by atoms with Crippen LogP contribution in [0.3, 0.4) is 0 Å². The molecular formula is C37H41N5O4. The van der Waals surface area contributed by atoms with Gasteiger partial charge in [0.15, 0.2) is 0 Å². The molecule has 0 atom stereocenters. The van der Waals surface area contributed by atoms with Crippen molar-refractivity contribution in [2.45, 2.75) is 59.7 Å². The first-order chi connectivity index (χ1) is 22.0. The molecule has 0 bridgehead atoms. The molecular weight excluding hydrogens is 578 g/mol. The van der Waals surface area contributed by atoms with Crippen LogP contribution in [0.1, 0.15) is 54.4 Å². The number of methoxy groups -OCH3 is 1. The van der Waals surface area contributed by atoms with Gasteiger partial charge in [-0.25, -0.2) is 9.48 Å². The van der Waals surface area contributed by atoms with Crippen LogP contribution in [0.4, 0.5) is 10.6 Å². The van der Waals surface area contributed by atoms with Crippen molar-refractivity contribution < 1.29 is 14.3 Å². The summed E-state index contributed by atoms with van der Waals surface area (Å²) in [6, 6.07) is 28.6. The number of hydrogen-bond acceptors (Lipinski definition) is 5. The summed E-state index contributed by atoms with van der Waals surface area (Å²) in [6.45, 7) is 11.0. The van der Waals surface area contributed by atoms with Gasteiger partial charge < -0.3 is 19.4 Å². The van der Waals surface area contributed by atoms with Gasteiger partial charge >= 0.3 is 6.03 Å². The summed E-state index contributed by atoms with van der Waals surface area (Å²) >= 11 is 0. The van der Waals surface area contributed by atoms with Crippen molar-refractivity contribution in [2.24, 2.45) is 0 Å². The van der Waals surface area contributed by atoms with Gasteiger partial charge in [0.25, 0.3) is 5.56 Å². The maximum Gasteiger partial charge on any atom is 0.320 e. The molecule has 9 heteroatoms. The van der Waals surface area contributed by atoms with Gasteiger partial charge in [-0.1, -0.05) is 81.4 Å². The van der Waals surface area contributed by atoms with Crippen molar-refractivity contribution in [1.82, 2.24) is 19.7 Å². The highest BCUT2D eigenvalue weighted by Gasteiger charge is 2.22. The molecule has 0 saturated heterocycles. The van der Waals surface area contributed by atoms with Crippen molar-refractivity contribution >= 4 is 11.8 Å². The van der Waals surface area contributed by atoms with Gasteiger partial charge in [0, 0.05) is 29.8 Å². The van der Waals surface area contributed by atoms with Gasteiger partial charge in [0.05, 0.1) is 30.6 Å². The Morgan fingerprint density at radius 3 is 2.33 bits per heavy atom. The number of ether oxygens (including phenoxy) is 2. The van der Waals surface area contributed by atoms with Crippen LogP contribution < -0.4 is 25.7 Å². The third-order valence-electron chi connectivity index (χ3n) is 7.84. The first kappa shape index (κ1) is 32.1. The standard InChI is InChI=1S/C37H41N5O4/c1-25-19-32(26(2)35(43)41(25)23-27-13-8-7-9-14-27)46-24-29-16-11-10-15-28(29)22-38-36(44)39-34-21-33(37(3,4)5)40-42(34)30-17-12-18-31(20-30)45-6/h7-21H,22-24H2,1-6H3,(H2,38,39,44). The molecule has 0 spiro atoms. The molecule has 9 nitrogen and oxygen atoms in total. The lowest BCUT2D eigenvalue weighted by atomic mass is 9.92. The fourth-order valence-corrected chi connectivity index (χ4v) is 5.09. The number of carbonyl (C=O) groups is 1. The van der Waals surface area contributed by atoms with Crippen LogP contribution in [0, 0.1) is 13.8 Å². The van der Waals surface area contributed by atoms with E-state index in [0.717, 1.165) is 33.8 Å². The molecule has 2 amide bonds. The molecule has 238 valence electrons. The fourth-order valence-electron chi connectivity index (χ4n) is 5.09. The Hall–Kier alpha value is -5.31. The predicted molar refractivity (Wildman–Crippen MR) is 181 cm³/mol. The Bertz CT molecular complexity index is 1890. The monoisotopic (exact) mass is 619 g/mol. The number of pyridine rings is 1. The summed E-state index contributed by atoms with van der Waals surface area (Å²) in [5.74, 6) is 1.78. The minimum atomic E-state index is -0.367. The van der Waals surface area contributed by atoms with Crippen molar-refractivity contribution in [3.63, 3.8) is 0 Å². The summed E-state index contributed by atoms with van der Waals surface area (Å²) < 4.78 is 15.1. The molecule has 0 unspecified atom stereocenters. The topological polar surface area (TPSA) is 99.4 Å². The van der Waals surface area contributed by atoms with Gasteiger partial charge in [-0.15, -0.1) is 0 Å². The van der Waals surface area contributed by atoms with Crippen LogP contribution in [0.5, 0.6) is 11.5 Å². The zero-order valence-electron chi connectivity index (χ0n) is 27.3. The predicted octanol–water partition coefficient (Wildman–Crippen LogP) is 6.91. The number of carbonyl (C=O) groups excluding carboxylic acids is 1. The Labute approximate surface area is 269 Å². The lowest BCUT2D eigenvalue weighted by molar-refractivity contribution is 0.251. The number of aryl methyl sites for hydroxylation is 1. The second kappa shape index (κ2) is 13.8. The van der Waals surface area contributed by atoms with E-state index in [9.17, 15) is 9.59 Å². The molecule has 0 aliphatic rings. The summed E-state index contributed by atoms with van der Waals surface area (Å²) in [6.07, 6.45) is 0. The van der Waals surface area contributed by atoms with Crippen LogP contribution in [0.15, 0.2) is 95.8 Å². The highest BCUT2D eigenvalue weighted by atomic mass is 16.5. The van der Waals surface area contributed by atoms with Crippen LogP contribution in [0.25, 0.3) is 5.69 Å². The maximum absolute atomic E-state index is 13.2. The molecule has 0 aliphatic heterocycles. The number of nitrogens with zero attached hydrogens (tertiary/aromatic N) is 3. The molecule has 2 aromatic heterocycles. The average Bonchev–Trinajstić information content (AvgIpc) is 3.48. The molecule has 2 heterocycles. The van der Waals surface area contributed by atoms with E-state index in [2.05, 4.69) is 31.4 Å². The molecule has 46 heavy (non-hydrogen) atoms. The minimum absolute atomic E-state index is 0.0757. The third kappa shape index (κ3) is 7.48. The first-order valence-electron chi connectivity index (χ1n) is 15.3. The van der Waals surface area contributed by atoms with Gasteiger partial charge in [-0.3, -0.25) is 10.1 Å². The van der Waals surface area contributed by atoms with Crippen LogP contribution in [-0.2, 0) is 25.1 Å². The lowest BCUT2D eigenvalue weighted by Gasteiger charge is -2.17. The summed E-state index contributed by atoms with van der Waals surface area (Å²) in [7, 11) is 1.61. The number of amides is 2. The highest BCUT2D eigenvalue weighted by molar-refractivity contribution is 5.88. The van der Waals surface area contributed by atoms with Crippen molar-refractivity contribution in [2.75, 3.05) is 12.4 Å². The average molecular weight is 620 g/mol. The van der Waals surface area contributed by atoms with Crippen molar-refractivity contribution in [3.8, 4) is 17.2 Å². The second-order valence-corrected chi connectivity index (χ2v) is 12.3. The van der Waals surface area contributed by atoms with Crippen molar-refractivity contribution in [1.29, 1.82) is 0 Å². The van der Waals surface area contributed by atoms with E-state index in [4.69, 9.17) is 14.6 Å². The number of hydrogen-bond donors (Lipinski definition) is 2. The van der Waals surface area contributed by atoms with Gasteiger partial charge in [-0.05, 0) is 48.7 Å². The Morgan fingerprint density at radius 1 is 0.891 bits per heavy atom. The number of rotatable bonds is 10. The SMILES string of the molecule is COc1cccc(-n2nc(C(C)(C)C)cc2NC(=O)NCc2ccccc2COc2cc(C)n(Cc3ccccc3)c(=O)c2C)c1. The molecule has 0 fully saturated rings. The lowest BCUT2D eigenvalue weighted by Crippen LogP contribution is -2.29. The Morgan fingerprint density at radius 2 is 1.61 bits per heavy atom. The summed E-state index contributed by atoms with van der Waals surface area (Å²) in [4.78, 5) is 26.4. The van der Waals surface area contributed by atoms with Crippen LogP contribution in [-0.4, -0.2) is 27.5 Å². The molecule has 0 aliphatic carbocycles. The van der Waals surface area contributed by atoms with Crippen LogP contribution in [0.2, 0.25) is 0 Å². The normalized spacial score (nSPS) is 11.3. The number of urea groups is 1. The van der Waals surface area contributed by atoms with E-state index in [1.165, 1.54) is 0 Å². The molecule has 0 radical (unpaired) electrons. The van der Waals surface area contributed by atoms with Crippen molar-refractivity contribution in [3.05, 3.63) is 135 Å². The zero-order valence-corrected chi connectivity index (χ0v) is 27.3.